The molecule has 2 atom stereocenters. The highest BCUT2D eigenvalue weighted by molar-refractivity contribution is 9.10. The van der Waals surface area contributed by atoms with Crippen molar-refractivity contribution in [2.24, 2.45) is 5.92 Å². The SMILES string of the molecule is O=C(c1cc(Br)no1)N1CCC2NCCC2C1. The second-order valence-electron chi connectivity index (χ2n) is 4.66. The number of carbonyl (C=O) groups excluding carboxylic acids is 1. The van der Waals surface area contributed by atoms with Gasteiger partial charge in [0.15, 0.2) is 0 Å². The minimum absolute atomic E-state index is 0.0476. The van der Waals surface area contributed by atoms with Gasteiger partial charge in [-0.3, -0.25) is 4.79 Å². The van der Waals surface area contributed by atoms with Crippen LogP contribution in [0.3, 0.4) is 0 Å². The molecule has 6 heteroatoms. The fraction of sp³-hybridized carbons (Fsp3) is 0.636. The Labute approximate surface area is 108 Å². The van der Waals surface area contributed by atoms with Crippen LogP contribution in [0, 0.1) is 5.92 Å². The number of carbonyl (C=O) groups is 1. The lowest BCUT2D eigenvalue weighted by atomic mass is 9.93. The van der Waals surface area contributed by atoms with Crippen LogP contribution in [-0.2, 0) is 0 Å². The third-order valence-electron chi connectivity index (χ3n) is 3.64. The van der Waals surface area contributed by atoms with Gasteiger partial charge in [-0.1, -0.05) is 5.16 Å². The Bertz CT molecular complexity index is 434. The van der Waals surface area contributed by atoms with E-state index in [1.165, 1.54) is 0 Å². The lowest BCUT2D eigenvalue weighted by Gasteiger charge is -2.34. The molecule has 2 aliphatic heterocycles. The largest absolute Gasteiger partial charge is 0.350 e. The highest BCUT2D eigenvalue weighted by Crippen LogP contribution is 2.25. The van der Waals surface area contributed by atoms with Crippen molar-refractivity contribution >= 4 is 21.8 Å². The van der Waals surface area contributed by atoms with Gasteiger partial charge in [-0.15, -0.1) is 0 Å². The molecule has 3 rings (SSSR count). The van der Waals surface area contributed by atoms with Gasteiger partial charge >= 0.3 is 0 Å². The number of piperidine rings is 1. The predicted molar refractivity (Wildman–Crippen MR) is 64.6 cm³/mol. The predicted octanol–water partition coefficient (Wildman–Crippen LogP) is 1.26. The van der Waals surface area contributed by atoms with Crippen molar-refractivity contribution in [3.05, 3.63) is 16.4 Å². The van der Waals surface area contributed by atoms with Crippen molar-refractivity contribution in [1.82, 2.24) is 15.4 Å². The summed E-state index contributed by atoms with van der Waals surface area (Å²) in [6.45, 7) is 2.70. The summed E-state index contributed by atoms with van der Waals surface area (Å²) in [5, 5.41) is 7.16. The number of hydrogen-bond acceptors (Lipinski definition) is 4. The summed E-state index contributed by atoms with van der Waals surface area (Å²) in [7, 11) is 0. The van der Waals surface area contributed by atoms with Gasteiger partial charge < -0.3 is 14.7 Å². The minimum atomic E-state index is -0.0476. The van der Waals surface area contributed by atoms with Crippen LogP contribution in [0.1, 0.15) is 23.4 Å². The third kappa shape index (κ3) is 2.11. The van der Waals surface area contributed by atoms with Gasteiger partial charge in [0, 0.05) is 25.2 Å². The molecule has 0 radical (unpaired) electrons. The van der Waals surface area contributed by atoms with Crippen molar-refractivity contribution < 1.29 is 9.32 Å². The maximum atomic E-state index is 12.2. The Morgan fingerprint density at radius 1 is 1.59 bits per heavy atom. The molecule has 1 N–H and O–H groups in total. The molecule has 5 nitrogen and oxygen atoms in total. The molecule has 17 heavy (non-hydrogen) atoms. The van der Waals surface area contributed by atoms with Crippen LogP contribution < -0.4 is 5.32 Å². The fourth-order valence-electron chi connectivity index (χ4n) is 2.74. The molecule has 0 aliphatic carbocycles. The summed E-state index contributed by atoms with van der Waals surface area (Å²) in [5.74, 6) is 0.869. The number of likely N-dealkylation sites (tertiary alicyclic amines) is 1. The summed E-state index contributed by atoms with van der Waals surface area (Å²) < 4.78 is 5.55. The molecular weight excluding hydrogens is 286 g/mol. The van der Waals surface area contributed by atoms with E-state index in [4.69, 9.17) is 4.52 Å². The standard InChI is InChI=1S/C11H14BrN3O2/c12-10-5-9(17-14-10)11(16)15-4-2-8-7(6-15)1-3-13-8/h5,7-8,13H,1-4,6H2. The van der Waals surface area contributed by atoms with E-state index in [0.717, 1.165) is 32.5 Å². The van der Waals surface area contributed by atoms with Gasteiger partial charge in [0.25, 0.3) is 5.91 Å². The van der Waals surface area contributed by atoms with Gasteiger partial charge in [-0.05, 0) is 41.2 Å². The summed E-state index contributed by atoms with van der Waals surface area (Å²) in [5.41, 5.74) is 0. The Balaban J connectivity index is 1.70. The van der Waals surface area contributed by atoms with Crippen molar-refractivity contribution in [2.45, 2.75) is 18.9 Å². The minimum Gasteiger partial charge on any atom is -0.350 e. The second-order valence-corrected chi connectivity index (χ2v) is 5.48. The van der Waals surface area contributed by atoms with E-state index in [1.807, 2.05) is 4.90 Å². The molecule has 1 aromatic heterocycles. The van der Waals surface area contributed by atoms with E-state index in [9.17, 15) is 4.79 Å². The Morgan fingerprint density at radius 2 is 2.47 bits per heavy atom. The molecule has 0 aromatic carbocycles. The first-order valence-corrected chi connectivity index (χ1v) is 6.68. The Kier molecular flexibility index (Phi) is 2.92. The Hall–Kier alpha value is -0.880. The first-order chi connectivity index (χ1) is 8.24. The van der Waals surface area contributed by atoms with Crippen molar-refractivity contribution in [2.75, 3.05) is 19.6 Å². The number of nitrogens with zero attached hydrogens (tertiary/aromatic N) is 2. The number of amides is 1. The third-order valence-corrected chi connectivity index (χ3v) is 4.01. The van der Waals surface area contributed by atoms with Gasteiger partial charge in [-0.25, -0.2) is 0 Å². The van der Waals surface area contributed by atoms with Crippen molar-refractivity contribution in [3.8, 4) is 0 Å². The molecule has 1 aromatic rings. The van der Waals surface area contributed by atoms with E-state index in [1.54, 1.807) is 6.07 Å². The fourth-order valence-corrected chi connectivity index (χ4v) is 3.02. The van der Waals surface area contributed by atoms with Gasteiger partial charge in [0.05, 0.1) is 0 Å². The average molecular weight is 300 g/mol. The lowest BCUT2D eigenvalue weighted by molar-refractivity contribution is 0.0620. The van der Waals surface area contributed by atoms with Gasteiger partial charge in [-0.2, -0.15) is 0 Å². The summed E-state index contributed by atoms with van der Waals surface area (Å²) >= 11 is 3.18. The first kappa shape index (κ1) is 11.2. The van der Waals surface area contributed by atoms with Crippen LogP contribution in [0.5, 0.6) is 0 Å². The van der Waals surface area contributed by atoms with E-state index in [0.29, 0.717) is 22.3 Å². The normalized spacial score (nSPS) is 28.2. The quantitative estimate of drug-likeness (QED) is 0.848. The van der Waals surface area contributed by atoms with E-state index >= 15 is 0 Å². The average Bonchev–Trinajstić information content (AvgIpc) is 2.95. The van der Waals surface area contributed by atoms with Gasteiger partial charge in [0.2, 0.25) is 5.76 Å². The van der Waals surface area contributed by atoms with E-state index in [2.05, 4.69) is 26.4 Å². The number of nitrogens with one attached hydrogen (secondary N) is 1. The Morgan fingerprint density at radius 3 is 3.24 bits per heavy atom. The highest BCUT2D eigenvalue weighted by Gasteiger charge is 2.35. The molecule has 2 aliphatic rings. The number of aromatic nitrogens is 1. The van der Waals surface area contributed by atoms with E-state index in [-0.39, 0.29) is 5.91 Å². The monoisotopic (exact) mass is 299 g/mol. The lowest BCUT2D eigenvalue weighted by Crippen LogP contribution is -2.46. The molecule has 0 bridgehead atoms. The molecule has 0 spiro atoms. The van der Waals surface area contributed by atoms with Crippen LogP contribution in [0.4, 0.5) is 0 Å². The summed E-state index contributed by atoms with van der Waals surface area (Å²) in [6.07, 6.45) is 2.19. The molecule has 3 heterocycles. The first-order valence-electron chi connectivity index (χ1n) is 5.89. The van der Waals surface area contributed by atoms with Crippen LogP contribution in [-0.4, -0.2) is 41.6 Å². The molecule has 2 saturated heterocycles. The summed E-state index contributed by atoms with van der Waals surface area (Å²) in [4.78, 5) is 14.0. The van der Waals surface area contributed by atoms with Crippen molar-refractivity contribution in [3.63, 3.8) is 0 Å². The smallest absolute Gasteiger partial charge is 0.292 e. The molecule has 92 valence electrons. The van der Waals surface area contributed by atoms with Crippen LogP contribution in [0.25, 0.3) is 0 Å². The molecular formula is C11H14BrN3O2. The maximum absolute atomic E-state index is 12.2. The highest BCUT2D eigenvalue weighted by atomic mass is 79.9. The van der Waals surface area contributed by atoms with Crippen LogP contribution in [0.2, 0.25) is 0 Å². The number of hydrogen-bond donors (Lipinski definition) is 1. The zero-order valence-corrected chi connectivity index (χ0v) is 10.9. The van der Waals surface area contributed by atoms with E-state index < -0.39 is 0 Å². The molecule has 2 unspecified atom stereocenters. The number of rotatable bonds is 1. The topological polar surface area (TPSA) is 58.4 Å². The zero-order chi connectivity index (χ0) is 11.8. The second kappa shape index (κ2) is 4.42. The van der Waals surface area contributed by atoms with Gasteiger partial charge in [0.1, 0.15) is 4.60 Å². The van der Waals surface area contributed by atoms with Crippen molar-refractivity contribution in [1.29, 1.82) is 0 Å². The number of fused-ring (bicyclic) bond motifs is 1. The molecule has 2 fully saturated rings. The molecule has 1 amide bonds. The maximum Gasteiger partial charge on any atom is 0.292 e. The number of halogens is 1. The molecule has 0 saturated carbocycles. The summed E-state index contributed by atoms with van der Waals surface area (Å²) in [6, 6.07) is 2.22. The van der Waals surface area contributed by atoms with Crippen LogP contribution in [0.15, 0.2) is 15.2 Å². The zero-order valence-electron chi connectivity index (χ0n) is 9.36. The van der Waals surface area contributed by atoms with Crippen LogP contribution >= 0.6 is 15.9 Å².